The van der Waals surface area contributed by atoms with Gasteiger partial charge in [0, 0.05) is 19.7 Å². The molecule has 2 aromatic heterocycles. The third-order valence-corrected chi connectivity index (χ3v) is 7.48. The molecule has 2 saturated carbocycles. The van der Waals surface area contributed by atoms with Crippen molar-refractivity contribution in [3.05, 3.63) is 29.7 Å². The standard InChI is InChI=1S/C25H35N7O/c1-15-19(17-7-8-17)11-12-31(3)22(15)16(2)27-25-29-23(28-18-9-10-18)21-24(30-25)32(14-26-21)20-6-4-5-13-33-20/h11-12,14,16-18,20,22H,4-10,13H2,1-3H3,(H2,27,28,29,30)/t16-,20?,22?/m1/s1. The number of nitrogens with one attached hydrogen (secondary N) is 2. The number of ether oxygens (including phenoxy) is 1. The van der Waals surface area contributed by atoms with Crippen molar-refractivity contribution in [1.29, 1.82) is 0 Å². The van der Waals surface area contributed by atoms with E-state index in [0.717, 1.165) is 42.3 Å². The smallest absolute Gasteiger partial charge is 0.227 e. The highest BCUT2D eigenvalue weighted by Gasteiger charge is 2.34. The van der Waals surface area contributed by atoms with Crippen LogP contribution in [0.25, 0.3) is 11.2 Å². The van der Waals surface area contributed by atoms with E-state index in [-0.39, 0.29) is 18.3 Å². The van der Waals surface area contributed by atoms with E-state index < -0.39 is 0 Å². The van der Waals surface area contributed by atoms with Crippen molar-refractivity contribution in [2.24, 2.45) is 5.92 Å². The summed E-state index contributed by atoms with van der Waals surface area (Å²) in [4.78, 5) is 16.8. The van der Waals surface area contributed by atoms with E-state index >= 15 is 0 Å². The van der Waals surface area contributed by atoms with Crippen molar-refractivity contribution < 1.29 is 4.74 Å². The van der Waals surface area contributed by atoms with E-state index in [2.05, 4.69) is 58.3 Å². The zero-order valence-electron chi connectivity index (χ0n) is 19.9. The van der Waals surface area contributed by atoms with E-state index in [1.165, 1.54) is 43.3 Å². The Bertz CT molecular complexity index is 1090. The van der Waals surface area contributed by atoms with Crippen LogP contribution in [0.2, 0.25) is 0 Å². The molecule has 0 bridgehead atoms. The molecular formula is C25H35N7O. The number of rotatable bonds is 7. The van der Waals surface area contributed by atoms with Crippen LogP contribution in [0.1, 0.15) is 65.0 Å². The van der Waals surface area contributed by atoms with Gasteiger partial charge in [-0.25, -0.2) is 4.98 Å². The van der Waals surface area contributed by atoms with Gasteiger partial charge in [-0.15, -0.1) is 0 Å². The summed E-state index contributed by atoms with van der Waals surface area (Å²) in [5.41, 5.74) is 4.66. The highest BCUT2D eigenvalue weighted by Crippen LogP contribution is 2.41. The zero-order chi connectivity index (χ0) is 22.5. The van der Waals surface area contributed by atoms with Gasteiger partial charge in [0.2, 0.25) is 5.95 Å². The Morgan fingerprint density at radius 2 is 1.97 bits per heavy atom. The van der Waals surface area contributed by atoms with Gasteiger partial charge in [0.05, 0.1) is 18.4 Å². The van der Waals surface area contributed by atoms with Crippen LogP contribution in [0.3, 0.4) is 0 Å². The molecule has 1 saturated heterocycles. The van der Waals surface area contributed by atoms with Crippen molar-refractivity contribution in [1.82, 2.24) is 24.4 Å². The Balaban J connectivity index is 1.32. The van der Waals surface area contributed by atoms with Crippen LogP contribution >= 0.6 is 0 Å². The molecule has 4 heterocycles. The van der Waals surface area contributed by atoms with E-state index in [1.54, 1.807) is 0 Å². The number of anilines is 2. The van der Waals surface area contributed by atoms with Gasteiger partial charge < -0.3 is 20.3 Å². The fourth-order valence-electron chi connectivity index (χ4n) is 5.42. The summed E-state index contributed by atoms with van der Waals surface area (Å²) in [5.74, 6) is 2.23. The second-order valence-electron chi connectivity index (χ2n) is 10.2. The Labute approximate surface area is 195 Å². The Morgan fingerprint density at radius 3 is 2.70 bits per heavy atom. The van der Waals surface area contributed by atoms with E-state index in [1.807, 2.05) is 6.33 Å². The van der Waals surface area contributed by atoms with Crippen LogP contribution < -0.4 is 10.6 Å². The molecule has 8 heteroatoms. The minimum atomic E-state index is -0.00130. The molecule has 3 fully saturated rings. The van der Waals surface area contributed by atoms with Gasteiger partial charge in [-0.05, 0) is 88.1 Å². The third kappa shape index (κ3) is 4.09. The first-order valence-electron chi connectivity index (χ1n) is 12.6. The summed E-state index contributed by atoms with van der Waals surface area (Å²) < 4.78 is 8.14. The summed E-state index contributed by atoms with van der Waals surface area (Å²) in [5, 5.41) is 7.22. The molecule has 0 aromatic carbocycles. The van der Waals surface area contributed by atoms with Crippen LogP contribution in [0.4, 0.5) is 11.8 Å². The van der Waals surface area contributed by atoms with Crippen molar-refractivity contribution in [2.75, 3.05) is 24.3 Å². The summed E-state index contributed by atoms with van der Waals surface area (Å²) in [7, 11) is 2.16. The fourth-order valence-corrected chi connectivity index (χ4v) is 5.42. The summed E-state index contributed by atoms with van der Waals surface area (Å²) in [6, 6.07) is 0.920. The van der Waals surface area contributed by atoms with Crippen molar-refractivity contribution in [3.8, 4) is 0 Å². The lowest BCUT2D eigenvalue weighted by molar-refractivity contribution is -0.0298. The maximum absolute atomic E-state index is 6.05. The number of nitrogens with zero attached hydrogens (tertiary/aromatic N) is 5. The molecule has 8 nitrogen and oxygen atoms in total. The number of fused-ring (bicyclic) bond motifs is 1. The highest BCUT2D eigenvalue weighted by atomic mass is 16.5. The highest BCUT2D eigenvalue weighted by molar-refractivity contribution is 5.84. The number of likely N-dealkylation sites (N-methyl/N-ethyl adjacent to an activating group) is 1. The number of allylic oxidation sites excluding steroid dienone is 2. The lowest BCUT2D eigenvalue weighted by Crippen LogP contribution is -2.44. The van der Waals surface area contributed by atoms with Gasteiger partial charge in [0.25, 0.3) is 0 Å². The second-order valence-corrected chi connectivity index (χ2v) is 10.2. The molecule has 2 aliphatic carbocycles. The lowest BCUT2D eigenvalue weighted by atomic mass is 9.91. The minimum absolute atomic E-state index is 0.00130. The molecule has 3 atom stereocenters. The van der Waals surface area contributed by atoms with Gasteiger partial charge in [0.1, 0.15) is 6.23 Å². The zero-order valence-corrected chi connectivity index (χ0v) is 19.9. The lowest BCUT2D eigenvalue weighted by Gasteiger charge is -2.37. The van der Waals surface area contributed by atoms with Crippen LogP contribution in [0, 0.1) is 5.92 Å². The molecule has 2 aliphatic heterocycles. The fraction of sp³-hybridized carbons (Fsp3) is 0.640. The average Bonchev–Trinajstić information content (AvgIpc) is 3.74. The molecule has 0 spiro atoms. The van der Waals surface area contributed by atoms with Crippen LogP contribution in [-0.4, -0.2) is 56.2 Å². The number of hydrogen-bond acceptors (Lipinski definition) is 7. The first kappa shape index (κ1) is 21.0. The summed E-state index contributed by atoms with van der Waals surface area (Å²) in [6.45, 7) is 5.31. The maximum Gasteiger partial charge on any atom is 0.227 e. The number of imidazole rings is 1. The summed E-state index contributed by atoms with van der Waals surface area (Å²) in [6.07, 6.45) is 14.7. The largest absolute Gasteiger partial charge is 0.372 e. The maximum atomic E-state index is 6.05. The van der Waals surface area contributed by atoms with Crippen molar-refractivity contribution in [2.45, 2.75) is 83.1 Å². The minimum Gasteiger partial charge on any atom is -0.372 e. The van der Waals surface area contributed by atoms with Crippen LogP contribution in [0.5, 0.6) is 0 Å². The van der Waals surface area contributed by atoms with Crippen LogP contribution in [-0.2, 0) is 4.74 Å². The monoisotopic (exact) mass is 449 g/mol. The van der Waals surface area contributed by atoms with Crippen molar-refractivity contribution in [3.63, 3.8) is 0 Å². The molecular weight excluding hydrogens is 414 g/mol. The average molecular weight is 450 g/mol. The molecule has 33 heavy (non-hydrogen) atoms. The normalized spacial score (nSPS) is 26.7. The van der Waals surface area contributed by atoms with Gasteiger partial charge in [-0.3, -0.25) is 4.57 Å². The first-order valence-corrected chi connectivity index (χ1v) is 12.6. The molecule has 2 unspecified atom stereocenters. The Morgan fingerprint density at radius 1 is 1.12 bits per heavy atom. The molecule has 0 radical (unpaired) electrons. The predicted molar refractivity (Wildman–Crippen MR) is 130 cm³/mol. The SMILES string of the molecule is CC1=C(C2CC2)C=CN(C)C1[C@@H](C)Nc1nc(NC2CC2)c2ncn(C3CCCCO3)c2n1. The Kier molecular flexibility index (Phi) is 5.28. The van der Waals surface area contributed by atoms with E-state index in [0.29, 0.717) is 12.0 Å². The van der Waals surface area contributed by atoms with E-state index in [4.69, 9.17) is 14.7 Å². The quantitative estimate of drug-likeness (QED) is 0.646. The summed E-state index contributed by atoms with van der Waals surface area (Å²) >= 11 is 0. The molecule has 6 rings (SSSR count). The number of aromatic nitrogens is 4. The van der Waals surface area contributed by atoms with Gasteiger partial charge in [0.15, 0.2) is 17.0 Å². The Hall–Kier alpha value is -2.61. The predicted octanol–water partition coefficient (Wildman–Crippen LogP) is 4.45. The molecule has 2 aromatic rings. The second kappa shape index (κ2) is 8.31. The topological polar surface area (TPSA) is 80.1 Å². The molecule has 4 aliphatic rings. The van der Waals surface area contributed by atoms with E-state index in [9.17, 15) is 0 Å². The molecule has 2 N–H and O–H groups in total. The van der Waals surface area contributed by atoms with Gasteiger partial charge in [-0.2, -0.15) is 9.97 Å². The third-order valence-electron chi connectivity index (χ3n) is 7.48. The van der Waals surface area contributed by atoms with Gasteiger partial charge >= 0.3 is 0 Å². The molecule has 0 amide bonds. The van der Waals surface area contributed by atoms with Gasteiger partial charge in [-0.1, -0.05) is 0 Å². The molecule has 176 valence electrons. The van der Waals surface area contributed by atoms with Crippen LogP contribution in [0.15, 0.2) is 29.7 Å². The first-order chi connectivity index (χ1) is 16.1. The van der Waals surface area contributed by atoms with Crippen molar-refractivity contribution >= 4 is 22.9 Å². The number of hydrogen-bond donors (Lipinski definition) is 2.